The standard InChI is InChI=1S/C22H21I/c1-5-16(17-10-12-18(23)13-11-17)14-21-15(2)19-8-6-7-9-20(19)22(21,3)4/h5-14H,2H2,1,3-4H3/b16-5+,21-14+. The van der Waals surface area contributed by atoms with E-state index in [1.165, 1.54) is 31.4 Å². The number of hydrogen-bond donors (Lipinski definition) is 0. The Morgan fingerprint density at radius 2 is 1.70 bits per heavy atom. The van der Waals surface area contributed by atoms with E-state index in [0.717, 1.165) is 5.57 Å². The summed E-state index contributed by atoms with van der Waals surface area (Å²) in [6.45, 7) is 11.0. The molecule has 0 bridgehead atoms. The van der Waals surface area contributed by atoms with E-state index in [-0.39, 0.29) is 5.41 Å². The molecule has 0 atom stereocenters. The molecular formula is C22H21I. The summed E-state index contributed by atoms with van der Waals surface area (Å²) in [5, 5.41) is 0. The molecule has 0 nitrogen and oxygen atoms in total. The largest absolute Gasteiger partial charge is 0.0908 e. The van der Waals surface area contributed by atoms with Crippen LogP contribution in [0.15, 0.2) is 72.8 Å². The van der Waals surface area contributed by atoms with E-state index in [0.29, 0.717) is 0 Å². The molecular weight excluding hydrogens is 391 g/mol. The molecule has 0 unspecified atom stereocenters. The Bertz CT molecular complexity index is 817. The first-order chi connectivity index (χ1) is 10.9. The second-order valence-electron chi connectivity index (χ2n) is 6.46. The highest BCUT2D eigenvalue weighted by Gasteiger charge is 2.36. The van der Waals surface area contributed by atoms with E-state index in [1.54, 1.807) is 0 Å². The summed E-state index contributed by atoms with van der Waals surface area (Å²) in [5.41, 5.74) is 7.60. The van der Waals surface area contributed by atoms with Gasteiger partial charge in [-0.15, -0.1) is 0 Å². The molecule has 0 aromatic heterocycles. The van der Waals surface area contributed by atoms with Gasteiger partial charge in [0, 0.05) is 8.99 Å². The van der Waals surface area contributed by atoms with Gasteiger partial charge in [-0.05, 0) is 75.1 Å². The van der Waals surface area contributed by atoms with Crippen molar-refractivity contribution >= 4 is 33.7 Å². The quantitative estimate of drug-likeness (QED) is 0.486. The summed E-state index contributed by atoms with van der Waals surface area (Å²) in [6.07, 6.45) is 4.49. The molecule has 0 saturated carbocycles. The molecule has 1 heteroatoms. The van der Waals surface area contributed by atoms with Crippen LogP contribution in [-0.4, -0.2) is 0 Å². The highest BCUT2D eigenvalue weighted by Crippen LogP contribution is 2.49. The van der Waals surface area contributed by atoms with E-state index >= 15 is 0 Å². The fourth-order valence-corrected chi connectivity index (χ4v) is 3.72. The number of allylic oxidation sites excluding steroid dienone is 5. The van der Waals surface area contributed by atoms with Gasteiger partial charge in [0.15, 0.2) is 0 Å². The predicted octanol–water partition coefficient (Wildman–Crippen LogP) is 6.63. The summed E-state index contributed by atoms with van der Waals surface area (Å²) in [4.78, 5) is 0. The van der Waals surface area contributed by atoms with Gasteiger partial charge in [0.05, 0.1) is 0 Å². The molecule has 0 aliphatic heterocycles. The van der Waals surface area contributed by atoms with Gasteiger partial charge in [-0.3, -0.25) is 0 Å². The first-order valence-electron chi connectivity index (χ1n) is 7.88. The zero-order chi connectivity index (χ0) is 16.6. The van der Waals surface area contributed by atoms with Crippen LogP contribution in [-0.2, 0) is 5.41 Å². The van der Waals surface area contributed by atoms with Crippen LogP contribution in [0.3, 0.4) is 0 Å². The summed E-state index contributed by atoms with van der Waals surface area (Å²) in [7, 11) is 0. The average molecular weight is 412 g/mol. The summed E-state index contributed by atoms with van der Waals surface area (Å²) in [6, 6.07) is 17.3. The number of halogens is 1. The van der Waals surface area contributed by atoms with Gasteiger partial charge < -0.3 is 0 Å². The van der Waals surface area contributed by atoms with Gasteiger partial charge in [-0.2, -0.15) is 0 Å². The summed E-state index contributed by atoms with van der Waals surface area (Å²) in [5.74, 6) is 0. The number of benzene rings is 2. The van der Waals surface area contributed by atoms with Crippen LogP contribution in [0, 0.1) is 3.57 Å². The van der Waals surface area contributed by atoms with Gasteiger partial charge >= 0.3 is 0 Å². The second kappa shape index (κ2) is 6.12. The third kappa shape index (κ3) is 2.83. The molecule has 0 radical (unpaired) electrons. The maximum absolute atomic E-state index is 4.37. The monoisotopic (exact) mass is 412 g/mol. The summed E-state index contributed by atoms with van der Waals surface area (Å²) < 4.78 is 1.26. The average Bonchev–Trinajstić information content (AvgIpc) is 2.74. The molecule has 0 amide bonds. The zero-order valence-electron chi connectivity index (χ0n) is 13.9. The fraction of sp³-hybridized carbons (Fsp3) is 0.182. The van der Waals surface area contributed by atoms with E-state index in [1.807, 2.05) is 0 Å². The lowest BCUT2D eigenvalue weighted by Crippen LogP contribution is -2.15. The Kier molecular flexibility index (Phi) is 4.33. The first-order valence-corrected chi connectivity index (χ1v) is 8.96. The molecule has 2 aromatic carbocycles. The van der Waals surface area contributed by atoms with Gasteiger partial charge in [0.2, 0.25) is 0 Å². The van der Waals surface area contributed by atoms with Crippen molar-refractivity contribution in [2.75, 3.05) is 0 Å². The molecule has 0 saturated heterocycles. The van der Waals surface area contributed by atoms with E-state index in [9.17, 15) is 0 Å². The normalized spacial score (nSPS) is 18.3. The molecule has 116 valence electrons. The Hall–Kier alpha value is -1.61. The first kappa shape index (κ1) is 16.3. The van der Waals surface area contributed by atoms with Crippen LogP contribution in [0.2, 0.25) is 0 Å². The van der Waals surface area contributed by atoms with Crippen molar-refractivity contribution in [2.24, 2.45) is 0 Å². The van der Waals surface area contributed by atoms with Gasteiger partial charge in [0.1, 0.15) is 0 Å². The molecule has 0 fully saturated rings. The second-order valence-corrected chi connectivity index (χ2v) is 7.70. The molecule has 3 rings (SSSR count). The van der Waals surface area contributed by atoms with Crippen molar-refractivity contribution < 1.29 is 0 Å². The van der Waals surface area contributed by atoms with Crippen LogP contribution in [0.5, 0.6) is 0 Å². The Balaban J connectivity index is 2.09. The van der Waals surface area contributed by atoms with E-state index in [2.05, 4.69) is 111 Å². The third-order valence-electron chi connectivity index (χ3n) is 4.71. The van der Waals surface area contributed by atoms with Crippen LogP contribution < -0.4 is 0 Å². The number of fused-ring (bicyclic) bond motifs is 1. The molecule has 0 heterocycles. The number of rotatable bonds is 2. The van der Waals surface area contributed by atoms with Crippen molar-refractivity contribution in [3.05, 3.63) is 93.1 Å². The van der Waals surface area contributed by atoms with Crippen molar-refractivity contribution in [3.63, 3.8) is 0 Å². The van der Waals surface area contributed by atoms with Crippen LogP contribution in [0.25, 0.3) is 11.1 Å². The maximum atomic E-state index is 4.37. The lowest BCUT2D eigenvalue weighted by molar-refractivity contribution is 0.661. The van der Waals surface area contributed by atoms with Crippen LogP contribution in [0.1, 0.15) is 37.5 Å². The van der Waals surface area contributed by atoms with Gasteiger partial charge in [0.25, 0.3) is 0 Å². The lowest BCUT2D eigenvalue weighted by Gasteiger charge is -2.22. The predicted molar refractivity (Wildman–Crippen MR) is 109 cm³/mol. The molecule has 1 aliphatic carbocycles. The van der Waals surface area contributed by atoms with E-state index < -0.39 is 0 Å². The van der Waals surface area contributed by atoms with Crippen molar-refractivity contribution in [3.8, 4) is 0 Å². The molecule has 0 spiro atoms. The zero-order valence-corrected chi connectivity index (χ0v) is 16.0. The topological polar surface area (TPSA) is 0 Å². The van der Waals surface area contributed by atoms with E-state index in [4.69, 9.17) is 0 Å². The SMILES string of the molecule is C=C1/C(=C\C(=C/C)c2ccc(I)cc2)C(C)(C)c2ccccc21. The Labute approximate surface area is 152 Å². The van der Waals surface area contributed by atoms with Crippen molar-refractivity contribution in [1.29, 1.82) is 0 Å². The summed E-state index contributed by atoms with van der Waals surface area (Å²) >= 11 is 2.34. The fourth-order valence-electron chi connectivity index (χ4n) is 3.36. The highest BCUT2D eigenvalue weighted by molar-refractivity contribution is 14.1. The minimum atomic E-state index is -0.00879. The Morgan fingerprint density at radius 3 is 2.30 bits per heavy atom. The van der Waals surface area contributed by atoms with Crippen LogP contribution >= 0.6 is 22.6 Å². The maximum Gasteiger partial charge on any atom is 0.0158 e. The van der Waals surface area contributed by atoms with Crippen molar-refractivity contribution in [2.45, 2.75) is 26.2 Å². The molecule has 0 N–H and O–H groups in total. The Morgan fingerprint density at radius 1 is 1.04 bits per heavy atom. The smallest absolute Gasteiger partial charge is 0.0158 e. The highest BCUT2D eigenvalue weighted by atomic mass is 127. The third-order valence-corrected chi connectivity index (χ3v) is 5.43. The minimum Gasteiger partial charge on any atom is -0.0908 e. The molecule has 2 aromatic rings. The minimum absolute atomic E-state index is 0.00879. The lowest BCUT2D eigenvalue weighted by atomic mass is 9.81. The van der Waals surface area contributed by atoms with Crippen molar-refractivity contribution in [1.82, 2.24) is 0 Å². The van der Waals surface area contributed by atoms with Crippen LogP contribution in [0.4, 0.5) is 0 Å². The van der Waals surface area contributed by atoms with Gasteiger partial charge in [-0.1, -0.05) is 69.0 Å². The van der Waals surface area contributed by atoms with Gasteiger partial charge in [-0.25, -0.2) is 0 Å². The molecule has 1 aliphatic rings. The molecule has 23 heavy (non-hydrogen) atoms. The number of hydrogen-bond acceptors (Lipinski definition) is 0.